The number of ether oxygens (including phenoxy) is 3. The number of benzene rings is 3. The zero-order valence-electron chi connectivity index (χ0n) is 42.1. The molecule has 0 spiro atoms. The van der Waals surface area contributed by atoms with Crippen molar-refractivity contribution >= 4 is 56.1 Å². The van der Waals surface area contributed by atoms with Crippen LogP contribution < -0.4 is 10.6 Å². The van der Waals surface area contributed by atoms with Crippen molar-refractivity contribution < 1.29 is 38.5 Å². The van der Waals surface area contributed by atoms with Crippen LogP contribution in [0.4, 0.5) is 0 Å². The number of aliphatic hydroxyl groups is 1. The largest absolute Gasteiger partial charge is 0.394 e. The summed E-state index contributed by atoms with van der Waals surface area (Å²) in [6, 6.07) is 31.1. The SMILES string of the molecule is CC(=O)c1cc2ccccc2n1CCOCCO.CCCOCCn1c(C(=O)N[C@H]2CCCC[C@H]2C(=O)N[C@H](C#N)CC(C)C)cc2ccccc21.CCCOCCn1c(C(C)=O)cc2ccccc21. The van der Waals surface area contributed by atoms with Crippen LogP contribution in [0, 0.1) is 23.2 Å². The van der Waals surface area contributed by atoms with E-state index in [-0.39, 0.29) is 41.9 Å². The predicted octanol–water partition coefficient (Wildman–Crippen LogP) is 9.53. The molecule has 0 unspecified atom stereocenters. The molecular formula is C56H74N6O8. The topological polar surface area (TPSA) is 179 Å². The minimum absolute atomic E-state index is 0.0198. The maximum Gasteiger partial charge on any atom is 0.268 e. The van der Waals surface area contributed by atoms with Crippen LogP contribution in [0.5, 0.6) is 0 Å². The number of hydrogen-bond acceptors (Lipinski definition) is 9. The summed E-state index contributed by atoms with van der Waals surface area (Å²) in [7, 11) is 0. The lowest BCUT2D eigenvalue weighted by molar-refractivity contribution is -0.127. The maximum atomic E-state index is 13.4. The van der Waals surface area contributed by atoms with Crippen LogP contribution in [0.15, 0.2) is 91.0 Å². The number of hydrogen-bond donors (Lipinski definition) is 3. The van der Waals surface area contributed by atoms with Gasteiger partial charge < -0.3 is 43.7 Å². The van der Waals surface area contributed by atoms with Crippen LogP contribution in [-0.2, 0) is 38.6 Å². The number of amides is 2. The first kappa shape index (κ1) is 54.8. The van der Waals surface area contributed by atoms with Gasteiger partial charge in [-0.05, 0) is 74.4 Å². The Balaban J connectivity index is 0.000000213. The molecule has 1 fully saturated rings. The second-order valence-electron chi connectivity index (χ2n) is 18.2. The molecule has 14 nitrogen and oxygen atoms in total. The number of nitrogens with zero attached hydrogens (tertiary/aromatic N) is 4. The summed E-state index contributed by atoms with van der Waals surface area (Å²) >= 11 is 0. The van der Waals surface area contributed by atoms with E-state index in [2.05, 4.69) is 30.6 Å². The normalized spacial score (nSPS) is 14.9. The third-order valence-corrected chi connectivity index (χ3v) is 12.3. The van der Waals surface area contributed by atoms with Crippen molar-refractivity contribution in [2.45, 2.75) is 118 Å². The first-order valence-electron chi connectivity index (χ1n) is 25.0. The molecule has 0 bridgehead atoms. The Morgan fingerprint density at radius 1 is 0.657 bits per heavy atom. The number of ketones is 2. The zero-order chi connectivity index (χ0) is 50.4. The lowest BCUT2D eigenvalue weighted by atomic mass is 9.83. The standard InChI is InChI=1S/C27H38N4O3.C15H19NO2.C14H17NO3/c1-4-14-34-15-13-31-24-12-8-5-9-20(24)17-25(31)27(33)30-23-11-7-6-10-22(23)26(32)29-21(18-28)16-19(2)3;1-3-9-18-10-8-16-14-7-5-4-6-13(14)11-15(16)12(2)17;1-11(17)14-10-12-4-2-3-5-13(12)15(14)6-8-18-9-7-16/h5,8-9,12,17,19,21-23H,4,6-7,10-11,13-16H2,1-3H3,(H,29,32)(H,30,33);4-7,11H,3,8-10H2,1-2H3;2-5,10,16H,6-9H2,1H3/t21-,22+,23-;;/m0../s1. The molecule has 3 aromatic carbocycles. The molecule has 0 saturated heterocycles. The molecular weight excluding hydrogens is 885 g/mol. The van der Waals surface area contributed by atoms with Gasteiger partial charge in [0.2, 0.25) is 5.91 Å². The maximum absolute atomic E-state index is 13.4. The van der Waals surface area contributed by atoms with Crippen LogP contribution >= 0.6 is 0 Å². The molecule has 14 heteroatoms. The van der Waals surface area contributed by atoms with E-state index in [0.717, 1.165) is 83.7 Å². The molecule has 3 atom stereocenters. The van der Waals surface area contributed by atoms with Gasteiger partial charge >= 0.3 is 0 Å². The number of nitrogens with one attached hydrogen (secondary N) is 2. The summed E-state index contributed by atoms with van der Waals surface area (Å²) in [5.41, 5.74) is 5.18. The summed E-state index contributed by atoms with van der Waals surface area (Å²) in [4.78, 5) is 49.8. The second kappa shape index (κ2) is 28.5. The van der Waals surface area contributed by atoms with Gasteiger partial charge in [0.15, 0.2) is 11.6 Å². The van der Waals surface area contributed by atoms with Crippen LogP contribution in [0.3, 0.4) is 0 Å². The minimum Gasteiger partial charge on any atom is -0.394 e. The number of rotatable bonds is 23. The highest BCUT2D eigenvalue weighted by atomic mass is 16.5. The average molecular weight is 959 g/mol. The third kappa shape index (κ3) is 15.4. The number of aliphatic hydroxyl groups excluding tert-OH is 1. The van der Waals surface area contributed by atoms with Gasteiger partial charge in [0.1, 0.15) is 11.7 Å². The molecule has 0 aliphatic heterocycles. The number of fused-ring (bicyclic) bond motifs is 3. The van der Waals surface area contributed by atoms with E-state index in [4.69, 9.17) is 19.3 Å². The summed E-state index contributed by atoms with van der Waals surface area (Å²) in [6.07, 6.45) is 5.97. The van der Waals surface area contributed by atoms with Crippen LogP contribution in [-0.4, -0.2) is 101 Å². The molecule has 376 valence electrons. The van der Waals surface area contributed by atoms with Gasteiger partial charge in [-0.25, -0.2) is 0 Å². The minimum atomic E-state index is -0.503. The van der Waals surface area contributed by atoms with Crippen molar-refractivity contribution in [1.82, 2.24) is 24.3 Å². The lowest BCUT2D eigenvalue weighted by Crippen LogP contribution is -2.50. The molecule has 1 aliphatic rings. The lowest BCUT2D eigenvalue weighted by Gasteiger charge is -2.32. The summed E-state index contributed by atoms with van der Waals surface area (Å²) in [6.45, 7) is 16.8. The fourth-order valence-corrected chi connectivity index (χ4v) is 9.01. The van der Waals surface area contributed by atoms with E-state index < -0.39 is 6.04 Å². The van der Waals surface area contributed by atoms with Gasteiger partial charge in [0.05, 0.1) is 56.4 Å². The molecule has 1 aliphatic carbocycles. The Morgan fingerprint density at radius 3 is 1.51 bits per heavy atom. The van der Waals surface area contributed by atoms with Gasteiger partial charge in [-0.1, -0.05) is 95.1 Å². The summed E-state index contributed by atoms with van der Waals surface area (Å²) in [5.74, 6) is -0.169. The highest BCUT2D eigenvalue weighted by molar-refractivity contribution is 6.00. The molecule has 6 aromatic rings. The number of Topliss-reactive ketones (excluding diaryl/α,β-unsaturated/α-hetero) is 2. The molecule has 2 amide bonds. The number of para-hydroxylation sites is 3. The van der Waals surface area contributed by atoms with Gasteiger partial charge in [-0.15, -0.1) is 0 Å². The smallest absolute Gasteiger partial charge is 0.268 e. The summed E-state index contributed by atoms with van der Waals surface area (Å²) in [5, 5.41) is 27.3. The van der Waals surface area contributed by atoms with Gasteiger partial charge in [-0.3, -0.25) is 19.2 Å². The molecule has 0 radical (unpaired) electrons. The van der Waals surface area contributed by atoms with E-state index in [1.54, 1.807) is 13.8 Å². The van der Waals surface area contributed by atoms with E-state index in [9.17, 15) is 24.4 Å². The van der Waals surface area contributed by atoms with Crippen LogP contribution in [0.25, 0.3) is 32.7 Å². The van der Waals surface area contributed by atoms with Gasteiger partial charge in [0, 0.05) is 85.4 Å². The third-order valence-electron chi connectivity index (χ3n) is 12.3. The number of aromatic nitrogens is 3. The van der Waals surface area contributed by atoms with E-state index in [1.165, 1.54) is 0 Å². The van der Waals surface area contributed by atoms with Crippen molar-refractivity contribution in [2.75, 3.05) is 46.2 Å². The van der Waals surface area contributed by atoms with Crippen molar-refractivity contribution in [2.24, 2.45) is 11.8 Å². The predicted molar refractivity (Wildman–Crippen MR) is 276 cm³/mol. The van der Waals surface area contributed by atoms with Crippen molar-refractivity contribution in [3.63, 3.8) is 0 Å². The van der Waals surface area contributed by atoms with Crippen molar-refractivity contribution in [3.05, 3.63) is 108 Å². The molecule has 3 N–H and O–H groups in total. The fourth-order valence-electron chi connectivity index (χ4n) is 9.01. The highest BCUT2D eigenvalue weighted by Gasteiger charge is 2.34. The highest BCUT2D eigenvalue weighted by Crippen LogP contribution is 2.27. The first-order chi connectivity index (χ1) is 33.9. The van der Waals surface area contributed by atoms with E-state index >= 15 is 0 Å². The molecule has 70 heavy (non-hydrogen) atoms. The number of carbonyl (C=O) groups excluding carboxylic acids is 4. The van der Waals surface area contributed by atoms with Crippen molar-refractivity contribution in [3.8, 4) is 6.07 Å². The fraction of sp³-hybridized carbons (Fsp3) is 0.482. The van der Waals surface area contributed by atoms with Crippen LogP contribution in [0.2, 0.25) is 0 Å². The van der Waals surface area contributed by atoms with E-state index in [0.29, 0.717) is 76.3 Å². The molecule has 3 aromatic heterocycles. The Labute approximate surface area is 413 Å². The van der Waals surface area contributed by atoms with E-state index in [1.807, 2.05) is 119 Å². The summed E-state index contributed by atoms with van der Waals surface area (Å²) < 4.78 is 22.5. The van der Waals surface area contributed by atoms with Crippen molar-refractivity contribution in [1.29, 1.82) is 5.26 Å². The monoisotopic (exact) mass is 959 g/mol. The number of carbonyl (C=O) groups is 4. The molecule has 7 rings (SSSR count). The molecule has 1 saturated carbocycles. The van der Waals surface area contributed by atoms with Crippen LogP contribution in [0.1, 0.15) is 118 Å². The quantitative estimate of drug-likeness (QED) is 0.0417. The average Bonchev–Trinajstić information content (AvgIpc) is 4.05. The molecule has 3 heterocycles. The Bertz CT molecular complexity index is 2550. The Hall–Kier alpha value is -6.11. The second-order valence-corrected chi connectivity index (χ2v) is 18.2. The zero-order valence-corrected chi connectivity index (χ0v) is 42.1. The van der Waals surface area contributed by atoms with Gasteiger partial charge in [-0.2, -0.15) is 5.26 Å². The Morgan fingerprint density at radius 2 is 1.09 bits per heavy atom. The first-order valence-corrected chi connectivity index (χ1v) is 25.0. The number of nitriles is 1. The van der Waals surface area contributed by atoms with Gasteiger partial charge in [0.25, 0.3) is 5.91 Å². The Kier molecular flexibility index (Phi) is 22.3.